The summed E-state index contributed by atoms with van der Waals surface area (Å²) in [5.41, 5.74) is 3.24. The summed E-state index contributed by atoms with van der Waals surface area (Å²) in [6.45, 7) is 10.2. The SMILES string of the molecule is Cc1nc2c(cnn2C(C)C)cc1C(=O)NC(c1ccccc1)C(C)C. The third-order valence-electron chi connectivity index (χ3n) is 4.61. The number of rotatable bonds is 5. The Morgan fingerprint density at radius 2 is 1.81 bits per heavy atom. The van der Waals surface area contributed by atoms with Gasteiger partial charge in [0.2, 0.25) is 0 Å². The Morgan fingerprint density at radius 3 is 2.42 bits per heavy atom. The van der Waals surface area contributed by atoms with Crippen molar-refractivity contribution in [2.45, 2.75) is 46.7 Å². The molecule has 0 bridgehead atoms. The van der Waals surface area contributed by atoms with E-state index < -0.39 is 0 Å². The summed E-state index contributed by atoms with van der Waals surface area (Å²) in [6.07, 6.45) is 1.77. The van der Waals surface area contributed by atoms with Crippen molar-refractivity contribution in [3.8, 4) is 0 Å². The number of hydrogen-bond acceptors (Lipinski definition) is 3. The van der Waals surface area contributed by atoms with Crippen LogP contribution in [0.4, 0.5) is 0 Å². The number of aromatic nitrogens is 3. The maximum atomic E-state index is 13.0. The predicted molar refractivity (Wildman–Crippen MR) is 104 cm³/mol. The van der Waals surface area contributed by atoms with Gasteiger partial charge in [0.25, 0.3) is 5.91 Å². The average Bonchev–Trinajstić information content (AvgIpc) is 3.02. The number of nitrogens with one attached hydrogen (secondary N) is 1. The van der Waals surface area contributed by atoms with Crippen LogP contribution in [-0.2, 0) is 0 Å². The van der Waals surface area contributed by atoms with Crippen LogP contribution in [0.15, 0.2) is 42.6 Å². The van der Waals surface area contributed by atoms with E-state index in [1.807, 2.05) is 48.0 Å². The van der Waals surface area contributed by atoms with Crippen molar-refractivity contribution < 1.29 is 4.79 Å². The molecule has 0 saturated carbocycles. The molecule has 2 aromatic heterocycles. The lowest BCUT2D eigenvalue weighted by atomic mass is 9.95. The van der Waals surface area contributed by atoms with E-state index in [4.69, 9.17) is 0 Å². The molecule has 1 aromatic carbocycles. The highest BCUT2D eigenvalue weighted by Crippen LogP contribution is 2.24. The molecule has 3 aromatic rings. The van der Waals surface area contributed by atoms with Crippen LogP contribution in [0.5, 0.6) is 0 Å². The van der Waals surface area contributed by atoms with Gasteiger partial charge in [-0.15, -0.1) is 0 Å². The Balaban J connectivity index is 1.93. The van der Waals surface area contributed by atoms with E-state index in [1.165, 1.54) is 0 Å². The van der Waals surface area contributed by atoms with E-state index in [1.54, 1.807) is 6.20 Å². The minimum absolute atomic E-state index is 0.0443. The third-order valence-corrected chi connectivity index (χ3v) is 4.61. The van der Waals surface area contributed by atoms with Gasteiger partial charge in [-0.25, -0.2) is 9.67 Å². The molecule has 136 valence electrons. The van der Waals surface area contributed by atoms with Crippen LogP contribution < -0.4 is 5.32 Å². The van der Waals surface area contributed by atoms with Gasteiger partial charge in [-0.2, -0.15) is 5.10 Å². The van der Waals surface area contributed by atoms with E-state index in [0.717, 1.165) is 16.6 Å². The van der Waals surface area contributed by atoms with Crippen LogP contribution in [0, 0.1) is 12.8 Å². The van der Waals surface area contributed by atoms with Crippen LogP contribution in [0.3, 0.4) is 0 Å². The fourth-order valence-electron chi connectivity index (χ4n) is 3.19. The van der Waals surface area contributed by atoms with Gasteiger partial charge in [0, 0.05) is 11.4 Å². The van der Waals surface area contributed by atoms with E-state index in [2.05, 4.69) is 43.1 Å². The summed E-state index contributed by atoms with van der Waals surface area (Å²) in [5, 5.41) is 8.46. The normalized spacial score (nSPS) is 12.7. The Morgan fingerprint density at radius 1 is 1.12 bits per heavy atom. The van der Waals surface area contributed by atoms with Gasteiger partial charge in [0.15, 0.2) is 5.65 Å². The summed E-state index contributed by atoms with van der Waals surface area (Å²) in [4.78, 5) is 17.6. The zero-order chi connectivity index (χ0) is 18.8. The summed E-state index contributed by atoms with van der Waals surface area (Å²) >= 11 is 0. The number of hydrogen-bond donors (Lipinski definition) is 1. The summed E-state index contributed by atoms with van der Waals surface area (Å²) in [6, 6.07) is 12.1. The van der Waals surface area contributed by atoms with Crippen LogP contribution in [0.2, 0.25) is 0 Å². The van der Waals surface area contributed by atoms with Crippen LogP contribution in [0.1, 0.15) is 61.4 Å². The second-order valence-electron chi connectivity index (χ2n) is 7.32. The number of aryl methyl sites for hydroxylation is 1. The molecule has 1 N–H and O–H groups in total. The number of nitrogens with zero attached hydrogens (tertiary/aromatic N) is 3. The number of carbonyl (C=O) groups is 1. The lowest BCUT2D eigenvalue weighted by Crippen LogP contribution is -2.32. The minimum Gasteiger partial charge on any atom is -0.345 e. The number of pyridine rings is 1. The van der Waals surface area contributed by atoms with Gasteiger partial charge in [0.1, 0.15) is 0 Å². The van der Waals surface area contributed by atoms with Gasteiger partial charge < -0.3 is 5.32 Å². The molecule has 0 spiro atoms. The second-order valence-corrected chi connectivity index (χ2v) is 7.32. The Bertz CT molecular complexity index is 912. The molecule has 1 unspecified atom stereocenters. The van der Waals surface area contributed by atoms with Crippen LogP contribution >= 0.6 is 0 Å². The van der Waals surface area contributed by atoms with Crippen molar-refractivity contribution in [2.24, 2.45) is 5.92 Å². The Hall–Kier alpha value is -2.69. The number of amides is 1. The minimum atomic E-state index is -0.100. The monoisotopic (exact) mass is 350 g/mol. The van der Waals surface area contributed by atoms with Crippen molar-refractivity contribution in [3.05, 3.63) is 59.4 Å². The fraction of sp³-hybridized carbons (Fsp3) is 0.381. The maximum absolute atomic E-state index is 13.0. The third kappa shape index (κ3) is 3.47. The number of fused-ring (bicyclic) bond motifs is 1. The van der Waals surface area contributed by atoms with E-state index in [0.29, 0.717) is 11.3 Å². The zero-order valence-corrected chi connectivity index (χ0v) is 16.0. The summed E-state index contributed by atoms with van der Waals surface area (Å²) < 4.78 is 1.88. The Kier molecular flexibility index (Phi) is 5.07. The molecular formula is C21H26N4O. The highest BCUT2D eigenvalue weighted by atomic mass is 16.1. The topological polar surface area (TPSA) is 59.8 Å². The van der Waals surface area contributed by atoms with Gasteiger partial charge >= 0.3 is 0 Å². The quantitative estimate of drug-likeness (QED) is 0.739. The molecule has 3 rings (SSSR count). The smallest absolute Gasteiger partial charge is 0.253 e. The summed E-state index contributed by atoms with van der Waals surface area (Å²) in [7, 11) is 0. The molecule has 0 aliphatic carbocycles. The lowest BCUT2D eigenvalue weighted by Gasteiger charge is -2.23. The Labute approximate surface area is 154 Å². The highest BCUT2D eigenvalue weighted by Gasteiger charge is 2.21. The lowest BCUT2D eigenvalue weighted by molar-refractivity contribution is 0.0924. The van der Waals surface area contributed by atoms with Crippen molar-refractivity contribution >= 4 is 16.9 Å². The molecule has 0 aliphatic rings. The molecule has 1 amide bonds. The van der Waals surface area contributed by atoms with Crippen LogP contribution in [-0.4, -0.2) is 20.7 Å². The van der Waals surface area contributed by atoms with Crippen molar-refractivity contribution in [1.29, 1.82) is 0 Å². The first-order chi connectivity index (χ1) is 12.4. The average molecular weight is 350 g/mol. The largest absolute Gasteiger partial charge is 0.345 e. The first kappa shape index (κ1) is 18.1. The molecule has 0 saturated heterocycles. The number of benzene rings is 1. The molecule has 5 nitrogen and oxygen atoms in total. The molecule has 0 aliphatic heterocycles. The van der Waals surface area contributed by atoms with E-state index in [9.17, 15) is 4.79 Å². The first-order valence-corrected chi connectivity index (χ1v) is 9.09. The molecule has 1 atom stereocenters. The van der Waals surface area contributed by atoms with Gasteiger partial charge in [-0.1, -0.05) is 44.2 Å². The van der Waals surface area contributed by atoms with E-state index >= 15 is 0 Å². The number of carbonyl (C=O) groups excluding carboxylic acids is 1. The predicted octanol–water partition coefficient (Wildman–Crippen LogP) is 4.45. The molecule has 0 radical (unpaired) electrons. The fourth-order valence-corrected chi connectivity index (χ4v) is 3.19. The van der Waals surface area contributed by atoms with Crippen molar-refractivity contribution in [2.75, 3.05) is 0 Å². The first-order valence-electron chi connectivity index (χ1n) is 9.09. The van der Waals surface area contributed by atoms with Gasteiger partial charge in [-0.3, -0.25) is 4.79 Å². The summed E-state index contributed by atoms with van der Waals surface area (Å²) in [5.74, 6) is 0.179. The van der Waals surface area contributed by atoms with E-state index in [-0.39, 0.29) is 23.9 Å². The molecule has 5 heteroatoms. The second kappa shape index (κ2) is 7.28. The van der Waals surface area contributed by atoms with Gasteiger partial charge in [-0.05, 0) is 38.3 Å². The van der Waals surface area contributed by atoms with Crippen LogP contribution in [0.25, 0.3) is 11.0 Å². The van der Waals surface area contributed by atoms with Gasteiger partial charge in [0.05, 0.1) is 23.5 Å². The zero-order valence-electron chi connectivity index (χ0n) is 16.0. The standard InChI is InChI=1S/C21H26N4O/c1-13(2)19(16-9-7-6-8-10-16)24-21(26)18-11-17-12-22-25(14(3)4)20(17)23-15(18)5/h6-14,19H,1-5H3,(H,24,26). The highest BCUT2D eigenvalue weighted by molar-refractivity contribution is 5.98. The van der Waals surface area contributed by atoms with Crippen molar-refractivity contribution in [3.63, 3.8) is 0 Å². The molecule has 26 heavy (non-hydrogen) atoms. The van der Waals surface area contributed by atoms with Crippen molar-refractivity contribution in [1.82, 2.24) is 20.1 Å². The molecule has 0 fully saturated rings. The molecule has 2 heterocycles. The molecular weight excluding hydrogens is 324 g/mol. The maximum Gasteiger partial charge on any atom is 0.253 e.